The van der Waals surface area contributed by atoms with Gasteiger partial charge in [-0.25, -0.2) is 39.9 Å². The number of ether oxygens (including phenoxy) is 6. The zero-order chi connectivity index (χ0) is 51.2. The van der Waals surface area contributed by atoms with Gasteiger partial charge in [0.1, 0.15) is 40.0 Å². The first-order valence-corrected chi connectivity index (χ1v) is 19.4. The first-order valence-electron chi connectivity index (χ1n) is 19.4. The van der Waals surface area contributed by atoms with Gasteiger partial charge in [0, 0.05) is 18.7 Å². The van der Waals surface area contributed by atoms with Gasteiger partial charge in [-0.2, -0.15) is 0 Å². The number of nitrogens with zero attached hydrogens (tertiary/aromatic N) is 5. The van der Waals surface area contributed by atoms with Crippen LogP contribution in [0.15, 0.2) is 74.1 Å². The van der Waals surface area contributed by atoms with Crippen molar-refractivity contribution in [3.05, 3.63) is 114 Å². The number of Topliss-reactive ketones (excluding diaryl/α,β-unsaturated/α-hetero) is 2. The van der Waals surface area contributed by atoms with E-state index in [0.717, 1.165) is 49.3 Å². The van der Waals surface area contributed by atoms with Crippen LogP contribution < -0.4 is 29.0 Å². The van der Waals surface area contributed by atoms with Crippen molar-refractivity contribution in [1.82, 2.24) is 30.2 Å². The Balaban J connectivity index is 0.000000450. The number of aliphatic hydroxyl groups is 1. The second-order valence-electron chi connectivity index (χ2n) is 13.7. The Morgan fingerprint density at radius 3 is 1.54 bits per heavy atom. The smallest absolute Gasteiger partial charge is 0.407 e. The third-order valence-electron chi connectivity index (χ3n) is 7.23. The molecule has 1 atom stereocenters. The van der Waals surface area contributed by atoms with Gasteiger partial charge in [0.25, 0.3) is 0 Å². The lowest BCUT2D eigenvalue weighted by atomic mass is 10.1. The number of halogens is 8. The quantitative estimate of drug-likeness (QED) is 0.0478. The molecule has 0 fully saturated rings. The molecule has 0 radical (unpaired) electrons. The van der Waals surface area contributed by atoms with Gasteiger partial charge in [-0.3, -0.25) is 34.5 Å². The first kappa shape index (κ1) is 58.6. The summed E-state index contributed by atoms with van der Waals surface area (Å²) >= 11 is 0. The van der Waals surface area contributed by atoms with Crippen molar-refractivity contribution < 1.29 is 88.1 Å². The van der Waals surface area contributed by atoms with Crippen molar-refractivity contribution in [3.8, 4) is 34.5 Å². The van der Waals surface area contributed by atoms with E-state index in [4.69, 9.17) is 24.4 Å². The fourth-order valence-electron chi connectivity index (χ4n) is 4.68. The summed E-state index contributed by atoms with van der Waals surface area (Å²) < 4.78 is 126. The van der Waals surface area contributed by atoms with Crippen LogP contribution in [0, 0.1) is 23.3 Å². The van der Waals surface area contributed by atoms with Crippen LogP contribution in [0.1, 0.15) is 80.3 Å². The molecule has 0 saturated carbocycles. The number of hydrogen-bond acceptors (Lipinski definition) is 16. The van der Waals surface area contributed by atoms with Crippen LogP contribution in [-0.2, 0) is 4.74 Å². The molecular weight excluding hydrogens is 928 g/mol. The Hall–Kier alpha value is -7.44. The van der Waals surface area contributed by atoms with Crippen molar-refractivity contribution >= 4 is 17.7 Å². The summed E-state index contributed by atoms with van der Waals surface area (Å²) in [5.41, 5.74) is -0.762. The summed E-state index contributed by atoms with van der Waals surface area (Å²) in [6.07, 6.45) is 10.1. The zero-order valence-electron chi connectivity index (χ0n) is 37.3. The van der Waals surface area contributed by atoms with Crippen LogP contribution in [0.4, 0.5) is 39.9 Å². The van der Waals surface area contributed by atoms with Crippen LogP contribution >= 0.6 is 0 Å². The number of aromatic hydroxyl groups is 1. The molecule has 3 N–H and O–H groups in total. The third kappa shape index (κ3) is 23.1. The fraction of sp³-hybridized carbons (Fsp3) is 0.349. The van der Waals surface area contributed by atoms with Crippen molar-refractivity contribution in [2.24, 2.45) is 0 Å². The minimum atomic E-state index is -1.12. The first-order chi connectivity index (χ1) is 32.2. The fourth-order valence-corrected chi connectivity index (χ4v) is 4.68. The van der Waals surface area contributed by atoms with Crippen LogP contribution in [-0.4, -0.2) is 99.0 Å². The number of hydrogen-bond donors (Lipinski definition) is 3. The second kappa shape index (κ2) is 31.5. The largest absolute Gasteiger partial charge is 0.506 e. The maximum Gasteiger partial charge on any atom is 0.407 e. The molecule has 0 saturated heterocycles. The Bertz CT molecular complexity index is 2300. The van der Waals surface area contributed by atoms with E-state index in [9.17, 15) is 49.5 Å². The maximum absolute atomic E-state index is 13.0. The Kier molecular flexibility index (Phi) is 27.1. The zero-order valence-corrected chi connectivity index (χ0v) is 37.3. The molecule has 0 bridgehead atoms. The van der Waals surface area contributed by atoms with Gasteiger partial charge in [-0.15, -0.1) is 0 Å². The highest BCUT2D eigenvalue weighted by Gasteiger charge is 2.19. The van der Waals surface area contributed by atoms with E-state index in [0.29, 0.717) is 13.0 Å². The molecule has 68 heavy (non-hydrogen) atoms. The Labute approximate surface area is 384 Å². The SMILES string of the molecule is CC(=O)c1c(F)cncc1OCF.CC(=O)c1c(OCF)cncc1OCCCNC(=O)OC(C)(C)C.CC(O)c1c(F)cncc1OCF.FCOc1cncc(F)c1.Oc1cncc(F)c1. The van der Waals surface area contributed by atoms with Crippen molar-refractivity contribution in [1.29, 1.82) is 0 Å². The highest BCUT2D eigenvalue weighted by molar-refractivity contribution is 5.99. The molecule has 5 aromatic heterocycles. The van der Waals surface area contributed by atoms with Crippen molar-refractivity contribution in [3.63, 3.8) is 0 Å². The summed E-state index contributed by atoms with van der Waals surface area (Å²) in [5, 5.41) is 20.2. The number of rotatable bonds is 16. The van der Waals surface area contributed by atoms with Gasteiger partial charge in [0.15, 0.2) is 40.4 Å². The number of amides is 1. The van der Waals surface area contributed by atoms with E-state index < -0.39 is 74.3 Å². The molecule has 1 amide bonds. The van der Waals surface area contributed by atoms with E-state index in [1.807, 2.05) is 0 Å². The van der Waals surface area contributed by atoms with Crippen LogP contribution in [0.5, 0.6) is 34.5 Å². The molecule has 0 aliphatic heterocycles. The molecule has 5 rings (SSSR count). The lowest BCUT2D eigenvalue weighted by Gasteiger charge is -2.19. The lowest BCUT2D eigenvalue weighted by Crippen LogP contribution is -2.33. The molecule has 0 aromatic carbocycles. The average Bonchev–Trinajstić information content (AvgIpc) is 3.24. The number of alkyl halides is 4. The monoisotopic (exact) mass is 976 g/mol. The molecular formula is C43H48F8N6O11. The average molecular weight is 977 g/mol. The van der Waals surface area contributed by atoms with Crippen LogP contribution in [0.2, 0.25) is 0 Å². The topological polar surface area (TPSA) is 224 Å². The number of carbonyl (C=O) groups excluding carboxylic acids is 3. The van der Waals surface area contributed by atoms with Gasteiger partial charge >= 0.3 is 6.09 Å². The van der Waals surface area contributed by atoms with Crippen LogP contribution in [0.3, 0.4) is 0 Å². The summed E-state index contributed by atoms with van der Waals surface area (Å²) in [6, 6.07) is 2.06. The van der Waals surface area contributed by atoms with E-state index >= 15 is 0 Å². The number of ketones is 2. The molecule has 372 valence electrons. The van der Waals surface area contributed by atoms with Gasteiger partial charge < -0.3 is 44.0 Å². The molecule has 1 unspecified atom stereocenters. The summed E-state index contributed by atoms with van der Waals surface area (Å²) in [5.74, 6) is -3.46. The molecule has 0 aliphatic carbocycles. The Morgan fingerprint density at radius 2 is 1.07 bits per heavy atom. The predicted molar refractivity (Wildman–Crippen MR) is 224 cm³/mol. The van der Waals surface area contributed by atoms with E-state index in [-0.39, 0.29) is 63.6 Å². The van der Waals surface area contributed by atoms with Crippen molar-refractivity contribution in [2.45, 2.75) is 59.7 Å². The lowest BCUT2D eigenvalue weighted by molar-refractivity contribution is 0.0525. The molecule has 5 heterocycles. The number of alkyl carbamates (subject to hydrolysis) is 1. The van der Waals surface area contributed by atoms with E-state index in [2.05, 4.69) is 44.4 Å². The minimum absolute atomic E-state index is 0.0365. The molecule has 0 aliphatic rings. The number of pyridine rings is 5. The van der Waals surface area contributed by atoms with E-state index in [1.165, 1.54) is 45.6 Å². The Morgan fingerprint density at radius 1 is 0.618 bits per heavy atom. The summed E-state index contributed by atoms with van der Waals surface area (Å²) in [6.45, 7) is 5.54. The number of carbonyl (C=O) groups is 3. The normalized spacial score (nSPS) is 10.6. The number of aromatic nitrogens is 5. The third-order valence-corrected chi connectivity index (χ3v) is 7.23. The van der Waals surface area contributed by atoms with Crippen molar-refractivity contribution in [2.75, 3.05) is 40.6 Å². The number of aliphatic hydroxyl groups excluding tert-OH is 1. The van der Waals surface area contributed by atoms with Gasteiger partial charge in [0.2, 0.25) is 27.4 Å². The minimum Gasteiger partial charge on any atom is -0.506 e. The van der Waals surface area contributed by atoms with Gasteiger partial charge in [-0.1, -0.05) is 0 Å². The summed E-state index contributed by atoms with van der Waals surface area (Å²) in [4.78, 5) is 51.6. The molecule has 17 nitrogen and oxygen atoms in total. The maximum atomic E-state index is 13.0. The van der Waals surface area contributed by atoms with Gasteiger partial charge in [0.05, 0.1) is 85.8 Å². The molecule has 25 heteroatoms. The standard InChI is InChI=1S/C16H23FN2O5.C8H9F2NO2.C8H7F2NO2.C6H5F2NO.C5H4FNO/c1-11(20)14-12(8-18-9-13(14)23-10-17)22-7-5-6-19-15(21)24-16(2,3)4;2*1-5(12)8-6(10)2-11-3-7(8)13-4-9;7-4-10-6-1-5(8)2-9-3-6;6-4-1-5(8)3-7-2-4/h8-9H,5-7,10H2,1-4H3,(H,19,21);2-3,5,12H,4H2,1H3;2-3H,4H2,1H3;1-3H,4H2;1-3,8H. The number of nitrogens with one attached hydrogen (secondary N) is 1. The van der Waals surface area contributed by atoms with Gasteiger partial charge in [-0.05, 0) is 48.0 Å². The van der Waals surface area contributed by atoms with E-state index in [1.54, 1.807) is 20.8 Å². The summed E-state index contributed by atoms with van der Waals surface area (Å²) in [7, 11) is 0. The van der Waals surface area contributed by atoms with Crippen LogP contribution in [0.25, 0.3) is 0 Å². The highest BCUT2D eigenvalue weighted by atomic mass is 19.2. The predicted octanol–water partition coefficient (Wildman–Crippen LogP) is 8.65. The highest BCUT2D eigenvalue weighted by Crippen LogP contribution is 2.28. The second-order valence-corrected chi connectivity index (χ2v) is 13.7. The molecule has 0 spiro atoms. The molecule has 5 aromatic rings.